The third-order valence-corrected chi connectivity index (χ3v) is 7.05. The summed E-state index contributed by atoms with van der Waals surface area (Å²) in [5, 5.41) is 0.526. The maximum atomic E-state index is 13.7. The normalized spacial score (nSPS) is 20.2. The molecule has 2 unspecified atom stereocenters. The van der Waals surface area contributed by atoms with Gasteiger partial charge in [-0.3, -0.25) is 19.2 Å². The summed E-state index contributed by atoms with van der Waals surface area (Å²) in [5.74, 6) is -1.39. The molecule has 2 aromatic carbocycles. The minimum absolute atomic E-state index is 0.0295. The van der Waals surface area contributed by atoms with Crippen molar-refractivity contribution in [3.8, 4) is 11.5 Å². The van der Waals surface area contributed by atoms with E-state index in [0.717, 1.165) is 36.0 Å². The highest BCUT2D eigenvalue weighted by molar-refractivity contribution is 9.08. The van der Waals surface area contributed by atoms with Crippen LogP contribution in [0.2, 0.25) is 0 Å². The van der Waals surface area contributed by atoms with Crippen molar-refractivity contribution in [3.63, 3.8) is 0 Å². The Morgan fingerprint density at radius 3 is 1.90 bits per heavy atom. The van der Waals surface area contributed by atoms with Gasteiger partial charge in [-0.15, -0.1) is 0 Å². The Bertz CT molecular complexity index is 1210. The number of fused-ring (bicyclic) bond motifs is 7. The molecule has 3 aliphatic carbocycles. The van der Waals surface area contributed by atoms with Gasteiger partial charge >= 0.3 is 11.9 Å². The molecule has 0 radical (unpaired) electrons. The number of ether oxygens (including phenoxy) is 2. The molecule has 0 N–H and O–H groups in total. The zero-order valence-corrected chi connectivity index (χ0v) is 18.6. The molecule has 0 aliphatic heterocycles. The van der Waals surface area contributed by atoms with Crippen LogP contribution in [0.25, 0.3) is 0 Å². The van der Waals surface area contributed by atoms with Crippen LogP contribution < -0.4 is 9.47 Å². The highest BCUT2D eigenvalue weighted by Gasteiger charge is 2.48. The van der Waals surface area contributed by atoms with Crippen molar-refractivity contribution in [2.45, 2.75) is 50.3 Å². The van der Waals surface area contributed by atoms with Gasteiger partial charge in [0.2, 0.25) is 0 Å². The molecule has 2 aromatic rings. The lowest BCUT2D eigenvalue weighted by atomic mass is 9.77. The largest absolute Gasteiger partial charge is 0.426 e. The third kappa shape index (κ3) is 2.90. The van der Waals surface area contributed by atoms with Crippen LogP contribution in [0.1, 0.15) is 93.5 Å². The van der Waals surface area contributed by atoms with Crippen molar-refractivity contribution in [2.75, 3.05) is 0 Å². The number of halogens is 1. The molecule has 0 saturated heterocycles. The fourth-order valence-electron chi connectivity index (χ4n) is 5.32. The van der Waals surface area contributed by atoms with E-state index >= 15 is 0 Å². The van der Waals surface area contributed by atoms with Crippen LogP contribution in [0, 0.1) is 0 Å². The fourth-order valence-corrected chi connectivity index (χ4v) is 5.67. The Morgan fingerprint density at radius 1 is 0.903 bits per heavy atom. The number of ketones is 2. The summed E-state index contributed by atoms with van der Waals surface area (Å²) in [5.41, 5.74) is 2.90. The van der Waals surface area contributed by atoms with Crippen molar-refractivity contribution in [1.82, 2.24) is 0 Å². The Kier molecular flexibility index (Phi) is 4.62. The Hall–Kier alpha value is -2.80. The van der Waals surface area contributed by atoms with E-state index in [9.17, 15) is 19.2 Å². The second-order valence-electron chi connectivity index (χ2n) is 8.30. The van der Waals surface area contributed by atoms with Gasteiger partial charge < -0.3 is 9.47 Å². The van der Waals surface area contributed by atoms with Crippen LogP contribution in [-0.4, -0.2) is 23.5 Å². The van der Waals surface area contributed by atoms with Crippen LogP contribution >= 0.6 is 15.9 Å². The Morgan fingerprint density at radius 2 is 1.42 bits per heavy atom. The van der Waals surface area contributed by atoms with Gasteiger partial charge in [0.25, 0.3) is 0 Å². The molecule has 7 heteroatoms. The Balaban J connectivity index is 1.87. The summed E-state index contributed by atoms with van der Waals surface area (Å²) in [6.07, 6.45) is 2.62. The number of esters is 2. The monoisotopic (exact) mass is 482 g/mol. The minimum Gasteiger partial charge on any atom is -0.426 e. The zero-order valence-electron chi connectivity index (χ0n) is 17.0. The summed E-state index contributed by atoms with van der Waals surface area (Å²) >= 11 is 3.38. The molecule has 2 bridgehead atoms. The highest BCUT2D eigenvalue weighted by atomic mass is 79.9. The molecule has 0 aromatic heterocycles. The van der Waals surface area contributed by atoms with E-state index < -0.39 is 23.5 Å². The third-order valence-electron chi connectivity index (χ3n) is 6.41. The molecular formula is C24H19BrO6. The lowest BCUT2D eigenvalue weighted by molar-refractivity contribution is -0.133. The maximum absolute atomic E-state index is 13.7. The summed E-state index contributed by atoms with van der Waals surface area (Å²) in [6.45, 7) is 2.55. The number of carbonyl (C=O) groups excluding carboxylic acids is 4. The van der Waals surface area contributed by atoms with Gasteiger partial charge in [-0.2, -0.15) is 0 Å². The molecule has 1 fully saturated rings. The number of benzene rings is 2. The van der Waals surface area contributed by atoms with Crippen LogP contribution in [0.3, 0.4) is 0 Å². The maximum Gasteiger partial charge on any atom is 0.308 e. The van der Waals surface area contributed by atoms with Crippen LogP contribution in [0.15, 0.2) is 18.2 Å². The molecule has 5 rings (SSSR count). The average Bonchev–Trinajstić information content (AvgIpc) is 3.34. The summed E-state index contributed by atoms with van der Waals surface area (Å²) in [6, 6.07) is 5.07. The average molecular weight is 483 g/mol. The molecule has 0 heterocycles. The van der Waals surface area contributed by atoms with Crippen molar-refractivity contribution < 1.29 is 28.7 Å². The van der Waals surface area contributed by atoms with Gasteiger partial charge in [0.1, 0.15) is 11.5 Å². The number of hydrogen-bond donors (Lipinski definition) is 0. The molecule has 158 valence electrons. The molecule has 0 spiro atoms. The van der Waals surface area contributed by atoms with Crippen molar-refractivity contribution in [1.29, 1.82) is 0 Å². The smallest absolute Gasteiger partial charge is 0.308 e. The summed E-state index contributed by atoms with van der Waals surface area (Å²) in [4.78, 5) is 51.2. The lowest BCUT2D eigenvalue weighted by Crippen LogP contribution is -2.26. The van der Waals surface area contributed by atoms with Gasteiger partial charge in [0.05, 0.1) is 11.1 Å². The second-order valence-corrected chi connectivity index (χ2v) is 8.86. The lowest BCUT2D eigenvalue weighted by Gasteiger charge is -2.28. The van der Waals surface area contributed by atoms with E-state index in [2.05, 4.69) is 15.9 Å². The molecule has 0 amide bonds. The van der Waals surface area contributed by atoms with Gasteiger partial charge in [-0.1, -0.05) is 22.0 Å². The van der Waals surface area contributed by atoms with Gasteiger partial charge in [-0.05, 0) is 48.8 Å². The molecule has 31 heavy (non-hydrogen) atoms. The first-order valence-electron chi connectivity index (χ1n) is 10.2. The first-order valence-corrected chi connectivity index (χ1v) is 11.3. The molecular weight excluding hydrogens is 464 g/mol. The van der Waals surface area contributed by atoms with Gasteiger partial charge in [0, 0.05) is 41.4 Å². The SMILES string of the molecule is CC(=O)Oc1c2c(c(OC(C)=O)c3c1C1CCC3C1)C(=O)c1cc(CBr)ccc1C2=O. The van der Waals surface area contributed by atoms with Crippen molar-refractivity contribution in [2.24, 2.45) is 0 Å². The molecule has 3 aliphatic rings. The summed E-state index contributed by atoms with van der Waals surface area (Å²) in [7, 11) is 0. The predicted molar refractivity (Wildman–Crippen MR) is 114 cm³/mol. The van der Waals surface area contributed by atoms with E-state index in [0.29, 0.717) is 5.33 Å². The molecule has 1 saturated carbocycles. The summed E-state index contributed by atoms with van der Waals surface area (Å²) < 4.78 is 11.2. The van der Waals surface area contributed by atoms with E-state index in [1.807, 2.05) is 0 Å². The first-order chi connectivity index (χ1) is 14.8. The number of alkyl halides is 1. The predicted octanol–water partition coefficient (Wildman–Crippen LogP) is 4.57. The van der Waals surface area contributed by atoms with E-state index in [-0.39, 0.29) is 45.6 Å². The van der Waals surface area contributed by atoms with Gasteiger partial charge in [-0.25, -0.2) is 0 Å². The van der Waals surface area contributed by atoms with Crippen molar-refractivity contribution >= 4 is 39.4 Å². The molecule has 2 atom stereocenters. The van der Waals surface area contributed by atoms with Crippen molar-refractivity contribution in [3.05, 3.63) is 57.1 Å². The quantitative estimate of drug-likeness (QED) is 0.308. The zero-order chi connectivity index (χ0) is 22.0. The fraction of sp³-hybridized carbons (Fsp3) is 0.333. The van der Waals surface area contributed by atoms with E-state index in [1.54, 1.807) is 18.2 Å². The van der Waals surface area contributed by atoms with Crippen LogP contribution in [0.4, 0.5) is 0 Å². The highest BCUT2D eigenvalue weighted by Crippen LogP contribution is 2.61. The van der Waals surface area contributed by atoms with Gasteiger partial charge in [0.15, 0.2) is 11.6 Å². The first kappa shape index (κ1) is 20.1. The van der Waals surface area contributed by atoms with Crippen LogP contribution in [-0.2, 0) is 14.9 Å². The number of rotatable bonds is 3. The molecule has 6 nitrogen and oxygen atoms in total. The minimum atomic E-state index is -0.562. The Labute approximate surface area is 187 Å². The van der Waals surface area contributed by atoms with E-state index in [1.165, 1.54) is 13.8 Å². The second kappa shape index (κ2) is 7.12. The topological polar surface area (TPSA) is 86.7 Å². The van der Waals surface area contributed by atoms with E-state index in [4.69, 9.17) is 9.47 Å². The van der Waals surface area contributed by atoms with Crippen LogP contribution in [0.5, 0.6) is 11.5 Å². The standard InChI is InChI=1S/C24H19BrO6/c1-10(26)30-23-17-13-4-5-14(8-13)18(17)24(31-11(2)27)20-19(23)21(28)15-6-3-12(9-25)7-16(15)22(20)29/h3,6-7,13-14H,4-5,8-9H2,1-2H3. The number of hydrogen-bond acceptors (Lipinski definition) is 6. The number of carbonyl (C=O) groups is 4.